The molecule has 0 fully saturated rings. The number of alkyl halides is 1. The van der Waals surface area contributed by atoms with E-state index in [9.17, 15) is 0 Å². The SMILES string of the molecule is Nc1cnc(CI)cn1. The fraction of sp³-hybridized carbons (Fsp3) is 0.200. The smallest absolute Gasteiger partial charge is 0.141 e. The van der Waals surface area contributed by atoms with E-state index in [4.69, 9.17) is 5.73 Å². The van der Waals surface area contributed by atoms with Crippen LogP contribution in [-0.4, -0.2) is 9.97 Å². The molecule has 0 saturated carbocycles. The number of halogens is 1. The van der Waals surface area contributed by atoms with Crippen LogP contribution >= 0.6 is 22.6 Å². The topological polar surface area (TPSA) is 51.8 Å². The van der Waals surface area contributed by atoms with Gasteiger partial charge in [-0.25, -0.2) is 4.98 Å². The van der Waals surface area contributed by atoms with Gasteiger partial charge in [0.25, 0.3) is 0 Å². The maximum atomic E-state index is 5.31. The quantitative estimate of drug-likeness (QED) is 0.583. The molecule has 0 bridgehead atoms. The van der Waals surface area contributed by atoms with Crippen molar-refractivity contribution in [3.63, 3.8) is 0 Å². The first-order chi connectivity index (χ1) is 4.33. The van der Waals surface area contributed by atoms with Crippen molar-refractivity contribution in [1.82, 2.24) is 9.97 Å². The minimum Gasteiger partial charge on any atom is -0.382 e. The molecule has 2 N–H and O–H groups in total. The highest BCUT2D eigenvalue weighted by Gasteiger charge is 1.89. The lowest BCUT2D eigenvalue weighted by molar-refractivity contribution is 1.12. The second-order valence-electron chi connectivity index (χ2n) is 1.57. The van der Waals surface area contributed by atoms with Crippen LogP contribution in [0.1, 0.15) is 5.69 Å². The second kappa shape index (κ2) is 2.95. The molecule has 0 spiro atoms. The van der Waals surface area contributed by atoms with Crippen LogP contribution in [0.2, 0.25) is 0 Å². The van der Waals surface area contributed by atoms with E-state index in [2.05, 4.69) is 32.6 Å². The van der Waals surface area contributed by atoms with Crippen LogP contribution < -0.4 is 5.73 Å². The number of anilines is 1. The maximum absolute atomic E-state index is 5.31. The van der Waals surface area contributed by atoms with Crippen molar-refractivity contribution in [2.45, 2.75) is 4.43 Å². The number of rotatable bonds is 1. The molecule has 0 aromatic carbocycles. The zero-order valence-electron chi connectivity index (χ0n) is 4.71. The van der Waals surface area contributed by atoms with Gasteiger partial charge in [0.15, 0.2) is 0 Å². The molecular weight excluding hydrogens is 229 g/mol. The van der Waals surface area contributed by atoms with E-state index in [1.54, 1.807) is 12.4 Å². The van der Waals surface area contributed by atoms with E-state index >= 15 is 0 Å². The van der Waals surface area contributed by atoms with Gasteiger partial charge < -0.3 is 5.73 Å². The largest absolute Gasteiger partial charge is 0.382 e. The summed E-state index contributed by atoms with van der Waals surface area (Å²) < 4.78 is 0.880. The average molecular weight is 235 g/mol. The Bertz CT molecular complexity index is 184. The van der Waals surface area contributed by atoms with Crippen molar-refractivity contribution in [3.8, 4) is 0 Å². The highest BCUT2D eigenvalue weighted by Crippen LogP contribution is 2.00. The number of aromatic nitrogens is 2. The summed E-state index contributed by atoms with van der Waals surface area (Å²) in [5, 5.41) is 0. The predicted octanol–water partition coefficient (Wildman–Crippen LogP) is 0.994. The van der Waals surface area contributed by atoms with Crippen molar-refractivity contribution in [3.05, 3.63) is 18.1 Å². The Morgan fingerprint density at radius 1 is 1.44 bits per heavy atom. The number of nitrogens with zero attached hydrogens (tertiary/aromatic N) is 2. The maximum Gasteiger partial charge on any atom is 0.141 e. The molecule has 0 unspecified atom stereocenters. The second-order valence-corrected chi connectivity index (χ2v) is 2.33. The fourth-order valence-corrected chi connectivity index (χ4v) is 0.828. The first-order valence-corrected chi connectivity index (χ1v) is 3.98. The zero-order chi connectivity index (χ0) is 6.69. The summed E-state index contributed by atoms with van der Waals surface area (Å²) >= 11 is 2.22. The van der Waals surface area contributed by atoms with E-state index in [1.807, 2.05) is 0 Å². The van der Waals surface area contributed by atoms with Gasteiger partial charge in [0.2, 0.25) is 0 Å². The Balaban J connectivity index is 2.88. The molecule has 3 nitrogen and oxygen atoms in total. The van der Waals surface area contributed by atoms with Crippen LogP contribution in [0.5, 0.6) is 0 Å². The molecule has 0 amide bonds. The van der Waals surface area contributed by atoms with Crippen LogP contribution in [0.25, 0.3) is 0 Å². The van der Waals surface area contributed by atoms with E-state index < -0.39 is 0 Å². The Labute approximate surface area is 66.8 Å². The molecule has 1 aromatic heterocycles. The minimum absolute atomic E-state index is 0.476. The molecule has 1 rings (SSSR count). The summed E-state index contributed by atoms with van der Waals surface area (Å²) in [6, 6.07) is 0. The average Bonchev–Trinajstić information content (AvgIpc) is 1.90. The van der Waals surface area contributed by atoms with Gasteiger partial charge in [0.05, 0.1) is 18.1 Å². The van der Waals surface area contributed by atoms with E-state index in [0.29, 0.717) is 5.82 Å². The number of nitrogens with two attached hydrogens (primary N) is 1. The van der Waals surface area contributed by atoms with Crippen LogP contribution in [0.15, 0.2) is 12.4 Å². The molecule has 0 aliphatic heterocycles. The summed E-state index contributed by atoms with van der Waals surface area (Å²) in [5.41, 5.74) is 6.27. The lowest BCUT2D eigenvalue weighted by Crippen LogP contribution is -1.92. The zero-order valence-corrected chi connectivity index (χ0v) is 6.87. The Kier molecular flexibility index (Phi) is 2.21. The molecule has 9 heavy (non-hydrogen) atoms. The first-order valence-electron chi connectivity index (χ1n) is 2.45. The van der Waals surface area contributed by atoms with Gasteiger partial charge in [-0.3, -0.25) is 4.98 Å². The lowest BCUT2D eigenvalue weighted by Gasteiger charge is -1.91. The van der Waals surface area contributed by atoms with Crippen LogP contribution in [0, 0.1) is 0 Å². The Hall–Kier alpha value is -0.390. The normalized spacial score (nSPS) is 9.44. The minimum atomic E-state index is 0.476. The standard InChI is InChI=1S/C5H6IN3/c6-1-4-2-9-5(7)3-8-4/h2-3H,1H2,(H2,7,9). The van der Waals surface area contributed by atoms with Gasteiger partial charge in [-0.15, -0.1) is 0 Å². The summed E-state index contributed by atoms with van der Waals surface area (Å²) in [7, 11) is 0. The van der Waals surface area contributed by atoms with Crippen molar-refractivity contribution in [2.24, 2.45) is 0 Å². The van der Waals surface area contributed by atoms with E-state index in [0.717, 1.165) is 10.1 Å². The lowest BCUT2D eigenvalue weighted by atomic mass is 10.5. The van der Waals surface area contributed by atoms with E-state index in [-0.39, 0.29) is 0 Å². The number of nitrogen functional groups attached to an aromatic ring is 1. The molecule has 1 heterocycles. The summed E-state index contributed by atoms with van der Waals surface area (Å²) in [5.74, 6) is 0.476. The van der Waals surface area contributed by atoms with Crippen molar-refractivity contribution in [2.75, 3.05) is 5.73 Å². The van der Waals surface area contributed by atoms with Gasteiger partial charge in [0, 0.05) is 4.43 Å². The summed E-state index contributed by atoms with van der Waals surface area (Å²) in [4.78, 5) is 7.86. The Morgan fingerprint density at radius 3 is 2.67 bits per heavy atom. The number of hydrogen-bond acceptors (Lipinski definition) is 3. The molecule has 4 heteroatoms. The molecule has 0 atom stereocenters. The Morgan fingerprint density at radius 2 is 2.22 bits per heavy atom. The number of hydrogen-bond donors (Lipinski definition) is 1. The first kappa shape index (κ1) is 6.73. The molecule has 0 radical (unpaired) electrons. The van der Waals surface area contributed by atoms with Crippen LogP contribution in [-0.2, 0) is 4.43 Å². The third-order valence-electron chi connectivity index (χ3n) is 0.862. The van der Waals surface area contributed by atoms with Crippen LogP contribution in [0.4, 0.5) is 5.82 Å². The van der Waals surface area contributed by atoms with Gasteiger partial charge in [-0.05, 0) is 0 Å². The predicted molar refractivity (Wildman–Crippen MR) is 44.2 cm³/mol. The van der Waals surface area contributed by atoms with Crippen molar-refractivity contribution >= 4 is 28.4 Å². The van der Waals surface area contributed by atoms with Gasteiger partial charge in [-0.1, -0.05) is 22.6 Å². The van der Waals surface area contributed by atoms with E-state index in [1.165, 1.54) is 0 Å². The van der Waals surface area contributed by atoms with Crippen LogP contribution in [0.3, 0.4) is 0 Å². The van der Waals surface area contributed by atoms with Gasteiger partial charge in [0.1, 0.15) is 5.82 Å². The fourth-order valence-electron chi connectivity index (χ4n) is 0.434. The third-order valence-corrected chi connectivity index (χ3v) is 1.64. The molecule has 48 valence electrons. The van der Waals surface area contributed by atoms with Gasteiger partial charge >= 0.3 is 0 Å². The molecule has 1 aromatic rings. The van der Waals surface area contributed by atoms with Gasteiger partial charge in [-0.2, -0.15) is 0 Å². The molecule has 0 saturated heterocycles. The molecule has 0 aliphatic rings. The third kappa shape index (κ3) is 1.78. The summed E-state index contributed by atoms with van der Waals surface area (Å²) in [6.45, 7) is 0. The monoisotopic (exact) mass is 235 g/mol. The van der Waals surface area contributed by atoms with Crippen molar-refractivity contribution < 1.29 is 0 Å². The highest BCUT2D eigenvalue weighted by molar-refractivity contribution is 14.1. The summed E-state index contributed by atoms with van der Waals surface area (Å²) in [6.07, 6.45) is 3.25. The molecular formula is C5H6IN3. The van der Waals surface area contributed by atoms with Crippen molar-refractivity contribution in [1.29, 1.82) is 0 Å². The highest BCUT2D eigenvalue weighted by atomic mass is 127. The molecule has 0 aliphatic carbocycles.